The van der Waals surface area contributed by atoms with Gasteiger partial charge in [-0.3, -0.25) is 0 Å². The lowest BCUT2D eigenvalue weighted by Crippen LogP contribution is -2.38. The van der Waals surface area contributed by atoms with Gasteiger partial charge in [0.25, 0.3) is 5.92 Å². The van der Waals surface area contributed by atoms with Crippen LogP contribution in [0.5, 0.6) is 11.5 Å². The highest BCUT2D eigenvalue weighted by Crippen LogP contribution is 2.41. The Kier molecular flexibility index (Phi) is 3.71. The van der Waals surface area contributed by atoms with Gasteiger partial charge in [0.1, 0.15) is 11.5 Å². The lowest BCUT2D eigenvalue weighted by molar-refractivity contribution is -0.0394. The topological polar surface area (TPSA) is 30.5 Å². The van der Waals surface area contributed by atoms with Crippen LogP contribution in [0, 0.1) is 0 Å². The number of benzene rings is 1. The molecule has 100 valence electrons. The van der Waals surface area contributed by atoms with E-state index in [0.717, 1.165) is 6.42 Å². The molecule has 0 spiro atoms. The molecule has 1 fully saturated rings. The molecule has 1 aliphatic rings. The van der Waals surface area contributed by atoms with Gasteiger partial charge in [-0.1, -0.05) is 0 Å². The first-order chi connectivity index (χ1) is 8.59. The number of ether oxygens (including phenoxy) is 2. The number of rotatable bonds is 4. The molecule has 0 aromatic heterocycles. The fourth-order valence-electron chi connectivity index (χ4n) is 2.26. The van der Waals surface area contributed by atoms with Gasteiger partial charge in [0.15, 0.2) is 0 Å². The van der Waals surface area contributed by atoms with Crippen LogP contribution < -0.4 is 14.8 Å². The maximum absolute atomic E-state index is 14.4. The predicted octanol–water partition coefficient (Wildman–Crippen LogP) is 2.55. The Hall–Kier alpha value is -1.36. The van der Waals surface area contributed by atoms with Crippen molar-refractivity contribution in [2.24, 2.45) is 0 Å². The van der Waals surface area contributed by atoms with E-state index in [1.165, 1.54) is 32.4 Å². The molecule has 1 unspecified atom stereocenters. The molecular formula is C13H17F2NO2. The van der Waals surface area contributed by atoms with Gasteiger partial charge in [-0.05, 0) is 31.5 Å². The summed E-state index contributed by atoms with van der Waals surface area (Å²) in [7, 11) is 2.88. The molecule has 0 bridgehead atoms. The van der Waals surface area contributed by atoms with Crippen molar-refractivity contribution in [3.05, 3.63) is 23.8 Å². The van der Waals surface area contributed by atoms with Crippen LogP contribution in [0.2, 0.25) is 0 Å². The van der Waals surface area contributed by atoms with Crippen molar-refractivity contribution < 1.29 is 18.3 Å². The minimum Gasteiger partial charge on any atom is -0.497 e. The number of hydrogen-bond acceptors (Lipinski definition) is 3. The third-order valence-electron chi connectivity index (χ3n) is 3.27. The molecule has 18 heavy (non-hydrogen) atoms. The van der Waals surface area contributed by atoms with Crippen LogP contribution in [0.15, 0.2) is 18.2 Å². The first-order valence-corrected chi connectivity index (χ1v) is 5.93. The fourth-order valence-corrected chi connectivity index (χ4v) is 2.26. The highest BCUT2D eigenvalue weighted by atomic mass is 19.3. The first kappa shape index (κ1) is 13.1. The number of nitrogens with one attached hydrogen (secondary N) is 1. The molecule has 2 rings (SSSR count). The van der Waals surface area contributed by atoms with Gasteiger partial charge in [0.05, 0.1) is 25.8 Å². The van der Waals surface area contributed by atoms with Crippen molar-refractivity contribution >= 4 is 0 Å². The van der Waals surface area contributed by atoms with E-state index in [4.69, 9.17) is 9.47 Å². The van der Waals surface area contributed by atoms with Gasteiger partial charge in [-0.15, -0.1) is 0 Å². The Balaban J connectivity index is 2.36. The van der Waals surface area contributed by atoms with Crippen molar-refractivity contribution in [1.82, 2.24) is 5.32 Å². The molecule has 0 amide bonds. The average molecular weight is 257 g/mol. The van der Waals surface area contributed by atoms with Gasteiger partial charge in [0.2, 0.25) is 0 Å². The molecule has 1 aliphatic heterocycles. The van der Waals surface area contributed by atoms with Crippen LogP contribution in [0.25, 0.3) is 0 Å². The highest BCUT2D eigenvalue weighted by molar-refractivity contribution is 5.43. The minimum atomic E-state index is -2.94. The van der Waals surface area contributed by atoms with E-state index in [1.54, 1.807) is 0 Å². The zero-order valence-electron chi connectivity index (χ0n) is 10.5. The second-order valence-corrected chi connectivity index (χ2v) is 4.34. The van der Waals surface area contributed by atoms with Crippen LogP contribution >= 0.6 is 0 Å². The molecule has 0 radical (unpaired) electrons. The maximum Gasteiger partial charge on any atom is 0.291 e. The van der Waals surface area contributed by atoms with E-state index in [-0.39, 0.29) is 11.3 Å². The van der Waals surface area contributed by atoms with Crippen LogP contribution in [0.3, 0.4) is 0 Å². The summed E-state index contributed by atoms with van der Waals surface area (Å²) in [5, 5.41) is 2.84. The van der Waals surface area contributed by atoms with E-state index < -0.39 is 12.0 Å². The van der Waals surface area contributed by atoms with Crippen LogP contribution in [-0.4, -0.2) is 26.8 Å². The molecule has 0 aliphatic carbocycles. The third-order valence-corrected chi connectivity index (χ3v) is 3.27. The van der Waals surface area contributed by atoms with E-state index in [1.807, 2.05) is 0 Å². The summed E-state index contributed by atoms with van der Waals surface area (Å²) in [5.41, 5.74) is -0.0924. The monoisotopic (exact) mass is 257 g/mol. The number of methoxy groups -OCH3 is 2. The summed E-state index contributed by atoms with van der Waals surface area (Å²) in [4.78, 5) is 0. The van der Waals surface area contributed by atoms with Gasteiger partial charge in [-0.2, -0.15) is 8.78 Å². The SMILES string of the molecule is COc1ccc(C(F)(F)C2CCCN2)c(OC)c1. The van der Waals surface area contributed by atoms with E-state index >= 15 is 0 Å². The van der Waals surface area contributed by atoms with Gasteiger partial charge in [-0.25, -0.2) is 0 Å². The molecule has 0 saturated carbocycles. The largest absolute Gasteiger partial charge is 0.497 e. The van der Waals surface area contributed by atoms with Crippen molar-refractivity contribution in [2.45, 2.75) is 24.8 Å². The second kappa shape index (κ2) is 5.10. The number of alkyl halides is 2. The number of hydrogen-bond donors (Lipinski definition) is 1. The summed E-state index contributed by atoms with van der Waals surface area (Å²) in [6.07, 6.45) is 1.25. The first-order valence-electron chi connectivity index (χ1n) is 5.93. The van der Waals surface area contributed by atoms with Crippen molar-refractivity contribution in [2.75, 3.05) is 20.8 Å². The van der Waals surface area contributed by atoms with Crippen LogP contribution in [-0.2, 0) is 5.92 Å². The Morgan fingerprint density at radius 2 is 2.06 bits per heavy atom. The summed E-state index contributed by atoms with van der Waals surface area (Å²) in [6.45, 7) is 0.638. The molecule has 1 heterocycles. The fraction of sp³-hybridized carbons (Fsp3) is 0.538. The zero-order chi connectivity index (χ0) is 13.2. The van der Waals surface area contributed by atoms with Crippen molar-refractivity contribution in [3.63, 3.8) is 0 Å². The molecule has 1 aromatic rings. The molecule has 1 atom stereocenters. The normalized spacial score (nSPS) is 19.9. The van der Waals surface area contributed by atoms with E-state index in [0.29, 0.717) is 18.7 Å². The molecule has 1 aromatic carbocycles. The van der Waals surface area contributed by atoms with Crippen molar-refractivity contribution in [3.8, 4) is 11.5 Å². The molecule has 5 heteroatoms. The predicted molar refractivity (Wildman–Crippen MR) is 64.5 cm³/mol. The second-order valence-electron chi connectivity index (χ2n) is 4.34. The van der Waals surface area contributed by atoms with Crippen molar-refractivity contribution in [1.29, 1.82) is 0 Å². The zero-order valence-corrected chi connectivity index (χ0v) is 10.5. The van der Waals surface area contributed by atoms with Gasteiger partial charge in [0, 0.05) is 6.07 Å². The van der Waals surface area contributed by atoms with E-state index in [9.17, 15) is 8.78 Å². The summed E-state index contributed by atoms with van der Waals surface area (Å²) < 4.78 is 38.8. The van der Waals surface area contributed by atoms with Crippen LogP contribution in [0.1, 0.15) is 18.4 Å². The molecule has 1 N–H and O–H groups in total. The molecule has 3 nitrogen and oxygen atoms in total. The Morgan fingerprint density at radius 3 is 2.61 bits per heavy atom. The summed E-state index contributed by atoms with van der Waals surface area (Å²) >= 11 is 0. The quantitative estimate of drug-likeness (QED) is 0.899. The standard InChI is InChI=1S/C13H17F2NO2/c1-17-9-5-6-10(11(8-9)18-2)13(14,15)12-4-3-7-16-12/h5-6,8,12,16H,3-4,7H2,1-2H3. The Labute approximate surface area is 105 Å². The summed E-state index contributed by atoms with van der Waals surface area (Å²) in [6, 6.07) is 3.57. The smallest absolute Gasteiger partial charge is 0.291 e. The average Bonchev–Trinajstić information content (AvgIpc) is 2.92. The lowest BCUT2D eigenvalue weighted by Gasteiger charge is -2.25. The highest BCUT2D eigenvalue weighted by Gasteiger charge is 2.44. The summed E-state index contributed by atoms with van der Waals surface area (Å²) in [5.74, 6) is -2.27. The maximum atomic E-state index is 14.4. The number of halogens is 2. The Morgan fingerprint density at radius 1 is 1.28 bits per heavy atom. The molecule has 1 saturated heterocycles. The van der Waals surface area contributed by atoms with Crippen LogP contribution in [0.4, 0.5) is 8.78 Å². The van der Waals surface area contributed by atoms with Gasteiger partial charge < -0.3 is 14.8 Å². The lowest BCUT2D eigenvalue weighted by atomic mass is 9.98. The Bertz CT molecular complexity index is 417. The third kappa shape index (κ3) is 2.27. The minimum absolute atomic E-state index is 0.0924. The molecular weight excluding hydrogens is 240 g/mol. The van der Waals surface area contributed by atoms with E-state index in [2.05, 4.69) is 5.32 Å². The van der Waals surface area contributed by atoms with Gasteiger partial charge >= 0.3 is 0 Å².